The minimum Gasteiger partial charge on any atom is -0.326 e. The number of halogens is 1. The summed E-state index contributed by atoms with van der Waals surface area (Å²) >= 11 is 5.87. The molecule has 0 saturated carbocycles. The van der Waals surface area contributed by atoms with Crippen LogP contribution in [0, 0.1) is 0 Å². The van der Waals surface area contributed by atoms with Crippen molar-refractivity contribution >= 4 is 11.6 Å². The maximum Gasteiger partial charge on any atom is 0.128 e. The molecule has 1 unspecified atom stereocenters. The van der Waals surface area contributed by atoms with Crippen molar-refractivity contribution in [1.82, 2.24) is 9.55 Å². The first-order valence-electron chi connectivity index (χ1n) is 3.73. The number of nitrogens with two attached hydrogens (primary N) is 1. The molecule has 0 aliphatic carbocycles. The zero-order valence-corrected chi connectivity index (χ0v) is 6.88. The molecule has 1 aromatic heterocycles. The lowest BCUT2D eigenvalue weighted by Gasteiger charge is -2.20. The van der Waals surface area contributed by atoms with Gasteiger partial charge in [0.2, 0.25) is 0 Å². The van der Waals surface area contributed by atoms with E-state index >= 15 is 0 Å². The predicted molar refractivity (Wildman–Crippen MR) is 43.5 cm³/mol. The van der Waals surface area contributed by atoms with Gasteiger partial charge < -0.3 is 10.3 Å². The highest BCUT2D eigenvalue weighted by Gasteiger charge is 2.17. The van der Waals surface area contributed by atoms with Gasteiger partial charge in [-0.2, -0.15) is 0 Å². The van der Waals surface area contributed by atoms with Crippen molar-refractivity contribution in [3.8, 4) is 0 Å². The summed E-state index contributed by atoms with van der Waals surface area (Å²) in [6.07, 6.45) is 3.66. The molecule has 0 fully saturated rings. The molecule has 1 aromatic rings. The van der Waals surface area contributed by atoms with E-state index in [2.05, 4.69) is 4.98 Å². The summed E-state index contributed by atoms with van der Waals surface area (Å²) in [7, 11) is 0. The normalized spacial score (nSPS) is 23.3. The topological polar surface area (TPSA) is 43.8 Å². The fourth-order valence-corrected chi connectivity index (χ4v) is 1.64. The summed E-state index contributed by atoms with van der Waals surface area (Å²) in [6, 6.07) is 0.245. The Balaban J connectivity index is 2.37. The molecule has 0 saturated heterocycles. The lowest BCUT2D eigenvalue weighted by molar-refractivity contribution is 0.454. The molecule has 2 N–H and O–H groups in total. The highest BCUT2D eigenvalue weighted by atomic mass is 35.5. The first kappa shape index (κ1) is 7.13. The van der Waals surface area contributed by atoms with Gasteiger partial charge in [0.05, 0.1) is 6.20 Å². The lowest BCUT2D eigenvalue weighted by atomic mass is 10.1. The van der Waals surface area contributed by atoms with Gasteiger partial charge in [-0.1, -0.05) is 11.6 Å². The predicted octanol–water partition coefficient (Wildman–Crippen LogP) is 0.810. The van der Waals surface area contributed by atoms with Crippen LogP contribution in [0.5, 0.6) is 0 Å². The molecule has 0 aromatic carbocycles. The SMILES string of the molecule is NC1CCc2ncc(Cl)n2C1. The van der Waals surface area contributed by atoms with Crippen molar-refractivity contribution < 1.29 is 0 Å². The number of hydrogen-bond acceptors (Lipinski definition) is 2. The standard InChI is InChI=1S/C7H10ClN3/c8-6-3-10-7-2-1-5(9)4-11(6)7/h3,5H,1-2,4,9H2. The molecule has 3 nitrogen and oxygen atoms in total. The van der Waals surface area contributed by atoms with Crippen molar-refractivity contribution in [2.75, 3.05) is 0 Å². The number of nitrogens with zero attached hydrogens (tertiary/aromatic N) is 2. The van der Waals surface area contributed by atoms with Crippen LogP contribution in [0.1, 0.15) is 12.2 Å². The van der Waals surface area contributed by atoms with Crippen molar-refractivity contribution in [2.45, 2.75) is 25.4 Å². The van der Waals surface area contributed by atoms with Crippen LogP contribution in [-0.4, -0.2) is 15.6 Å². The summed E-state index contributed by atoms with van der Waals surface area (Å²) in [4.78, 5) is 4.17. The van der Waals surface area contributed by atoms with E-state index in [0.717, 1.165) is 25.2 Å². The van der Waals surface area contributed by atoms with Crippen molar-refractivity contribution in [3.05, 3.63) is 17.2 Å². The van der Waals surface area contributed by atoms with Gasteiger partial charge in [0.25, 0.3) is 0 Å². The van der Waals surface area contributed by atoms with E-state index in [1.54, 1.807) is 6.20 Å². The molecule has 1 aliphatic rings. The molecule has 0 amide bonds. The van der Waals surface area contributed by atoms with Gasteiger partial charge >= 0.3 is 0 Å². The van der Waals surface area contributed by atoms with E-state index in [9.17, 15) is 0 Å². The number of aromatic nitrogens is 2. The highest BCUT2D eigenvalue weighted by molar-refractivity contribution is 6.29. The number of fused-ring (bicyclic) bond motifs is 1. The molecular formula is C7H10ClN3. The van der Waals surface area contributed by atoms with Crippen LogP contribution < -0.4 is 5.73 Å². The Morgan fingerprint density at radius 3 is 3.36 bits per heavy atom. The summed E-state index contributed by atoms with van der Waals surface area (Å²) in [5.74, 6) is 1.07. The van der Waals surface area contributed by atoms with Gasteiger partial charge in [-0.05, 0) is 6.42 Å². The Bertz CT molecular complexity index is 269. The first-order chi connectivity index (χ1) is 5.27. The van der Waals surface area contributed by atoms with E-state index in [1.807, 2.05) is 4.57 Å². The minimum absolute atomic E-state index is 0.245. The van der Waals surface area contributed by atoms with Gasteiger partial charge in [0.1, 0.15) is 11.0 Å². The van der Waals surface area contributed by atoms with Crippen LogP contribution in [0.3, 0.4) is 0 Å². The van der Waals surface area contributed by atoms with Crippen LogP contribution in [0.25, 0.3) is 0 Å². The van der Waals surface area contributed by atoms with E-state index in [0.29, 0.717) is 5.15 Å². The molecule has 11 heavy (non-hydrogen) atoms. The zero-order chi connectivity index (χ0) is 7.84. The average molecular weight is 172 g/mol. The summed E-state index contributed by atoms with van der Waals surface area (Å²) < 4.78 is 1.98. The van der Waals surface area contributed by atoms with Crippen LogP contribution in [0.4, 0.5) is 0 Å². The molecule has 0 radical (unpaired) electrons. The zero-order valence-electron chi connectivity index (χ0n) is 6.13. The molecule has 0 bridgehead atoms. The van der Waals surface area contributed by atoms with Crippen LogP contribution in [0.15, 0.2) is 6.20 Å². The van der Waals surface area contributed by atoms with E-state index < -0.39 is 0 Å². The van der Waals surface area contributed by atoms with Crippen molar-refractivity contribution in [3.63, 3.8) is 0 Å². The van der Waals surface area contributed by atoms with Gasteiger partial charge in [0.15, 0.2) is 0 Å². The Kier molecular flexibility index (Phi) is 1.62. The van der Waals surface area contributed by atoms with Gasteiger partial charge in [0, 0.05) is 19.0 Å². The van der Waals surface area contributed by atoms with Crippen LogP contribution in [0.2, 0.25) is 5.15 Å². The molecule has 1 aliphatic heterocycles. The lowest BCUT2D eigenvalue weighted by Crippen LogP contribution is -2.31. The Morgan fingerprint density at radius 1 is 1.73 bits per heavy atom. The second-order valence-electron chi connectivity index (χ2n) is 2.91. The second-order valence-corrected chi connectivity index (χ2v) is 3.29. The van der Waals surface area contributed by atoms with Gasteiger partial charge in [-0.15, -0.1) is 0 Å². The van der Waals surface area contributed by atoms with E-state index in [1.165, 1.54) is 0 Å². The Hall–Kier alpha value is -0.540. The van der Waals surface area contributed by atoms with Gasteiger partial charge in [-0.3, -0.25) is 0 Å². The van der Waals surface area contributed by atoms with Crippen molar-refractivity contribution in [1.29, 1.82) is 0 Å². The third-order valence-corrected chi connectivity index (χ3v) is 2.35. The molecule has 2 heterocycles. The third-order valence-electron chi connectivity index (χ3n) is 2.05. The molecular weight excluding hydrogens is 162 g/mol. The molecule has 2 rings (SSSR count). The molecule has 60 valence electrons. The maximum absolute atomic E-state index is 5.87. The maximum atomic E-state index is 5.87. The van der Waals surface area contributed by atoms with Crippen LogP contribution in [-0.2, 0) is 13.0 Å². The Labute approximate surface area is 70.2 Å². The van der Waals surface area contributed by atoms with Crippen molar-refractivity contribution in [2.24, 2.45) is 5.73 Å². The largest absolute Gasteiger partial charge is 0.326 e. The quantitative estimate of drug-likeness (QED) is 0.628. The summed E-state index contributed by atoms with van der Waals surface area (Å²) in [6.45, 7) is 0.814. The molecule has 1 atom stereocenters. The van der Waals surface area contributed by atoms with E-state index in [4.69, 9.17) is 17.3 Å². The summed E-state index contributed by atoms with van der Waals surface area (Å²) in [5, 5.41) is 0.704. The highest BCUT2D eigenvalue weighted by Crippen LogP contribution is 2.18. The van der Waals surface area contributed by atoms with E-state index in [-0.39, 0.29) is 6.04 Å². The fraction of sp³-hybridized carbons (Fsp3) is 0.571. The fourth-order valence-electron chi connectivity index (χ4n) is 1.42. The first-order valence-corrected chi connectivity index (χ1v) is 4.10. The molecule has 0 spiro atoms. The Morgan fingerprint density at radius 2 is 2.55 bits per heavy atom. The third kappa shape index (κ3) is 1.14. The monoisotopic (exact) mass is 171 g/mol. The number of aryl methyl sites for hydroxylation is 1. The number of hydrogen-bond donors (Lipinski definition) is 1. The second kappa shape index (κ2) is 2.50. The summed E-state index contributed by atoms with van der Waals surface area (Å²) in [5.41, 5.74) is 5.77. The minimum atomic E-state index is 0.245. The van der Waals surface area contributed by atoms with Gasteiger partial charge in [-0.25, -0.2) is 4.98 Å². The number of rotatable bonds is 0. The number of imidazole rings is 1. The van der Waals surface area contributed by atoms with Crippen LogP contribution >= 0.6 is 11.6 Å². The molecule has 4 heteroatoms. The smallest absolute Gasteiger partial charge is 0.128 e. The average Bonchev–Trinajstić information content (AvgIpc) is 2.33.